The van der Waals surface area contributed by atoms with Gasteiger partial charge < -0.3 is 19.5 Å². The highest BCUT2D eigenvalue weighted by atomic mass is 19.3. The van der Waals surface area contributed by atoms with Gasteiger partial charge in [-0.25, -0.2) is 4.98 Å². The average molecular weight is 378 g/mol. The van der Waals surface area contributed by atoms with Crippen LogP contribution >= 0.6 is 0 Å². The van der Waals surface area contributed by atoms with Crippen molar-refractivity contribution in [1.82, 2.24) is 10.3 Å². The number of methoxy groups -OCH3 is 1. The minimum absolute atomic E-state index is 0.0572. The van der Waals surface area contributed by atoms with Gasteiger partial charge in [-0.1, -0.05) is 6.07 Å². The summed E-state index contributed by atoms with van der Waals surface area (Å²) in [5.74, 6) is 0.777. The van der Waals surface area contributed by atoms with Gasteiger partial charge in [-0.05, 0) is 42.5 Å². The quantitative estimate of drug-likeness (QED) is 0.724. The van der Waals surface area contributed by atoms with Crippen molar-refractivity contribution >= 4 is 5.91 Å². The number of amides is 1. The molecule has 27 heavy (non-hydrogen) atoms. The molecule has 0 aliphatic heterocycles. The van der Waals surface area contributed by atoms with E-state index in [1.54, 1.807) is 12.3 Å². The molecule has 8 heteroatoms. The molecule has 3 rings (SSSR count). The predicted molar refractivity (Wildman–Crippen MR) is 93.3 cm³/mol. The topological polar surface area (TPSA) is 69.7 Å². The Labute approximate surface area is 155 Å². The van der Waals surface area contributed by atoms with Gasteiger partial charge >= 0.3 is 6.61 Å². The summed E-state index contributed by atoms with van der Waals surface area (Å²) in [6, 6.07) is 7.61. The largest absolute Gasteiger partial charge is 0.493 e. The first-order chi connectivity index (χ1) is 13.0. The minimum atomic E-state index is -2.97. The van der Waals surface area contributed by atoms with E-state index in [0.29, 0.717) is 18.4 Å². The standard InChI is InChI=1S/C19H20F2N2O4/c1-25-16-8-14(5-6-15(16)27-19(20)21)18(24)23-10-13-4-7-17(22-9-13)26-11-12-2-3-12/h4-9,12,19H,2-3,10-11H2,1H3,(H,23,24). The Hall–Kier alpha value is -2.90. The lowest BCUT2D eigenvalue weighted by molar-refractivity contribution is -0.0512. The maximum absolute atomic E-state index is 12.4. The third kappa shape index (κ3) is 5.54. The van der Waals surface area contributed by atoms with Gasteiger partial charge in [0.1, 0.15) is 0 Å². The molecule has 1 N–H and O–H groups in total. The molecule has 1 heterocycles. The van der Waals surface area contributed by atoms with E-state index in [9.17, 15) is 13.6 Å². The van der Waals surface area contributed by atoms with Crippen LogP contribution in [0, 0.1) is 5.92 Å². The van der Waals surface area contributed by atoms with Crippen molar-refractivity contribution in [3.63, 3.8) is 0 Å². The lowest BCUT2D eigenvalue weighted by atomic mass is 10.2. The third-order valence-electron chi connectivity index (χ3n) is 4.06. The fraction of sp³-hybridized carbons (Fsp3) is 0.368. The van der Waals surface area contributed by atoms with Gasteiger partial charge in [0.2, 0.25) is 5.88 Å². The van der Waals surface area contributed by atoms with Crippen molar-refractivity contribution in [2.75, 3.05) is 13.7 Å². The highest BCUT2D eigenvalue weighted by molar-refractivity contribution is 5.94. The molecular formula is C19H20F2N2O4. The first-order valence-electron chi connectivity index (χ1n) is 8.54. The number of pyridine rings is 1. The number of hydrogen-bond donors (Lipinski definition) is 1. The summed E-state index contributed by atoms with van der Waals surface area (Å²) in [6.45, 7) is -2.01. The summed E-state index contributed by atoms with van der Waals surface area (Å²) >= 11 is 0. The number of nitrogens with one attached hydrogen (secondary N) is 1. The van der Waals surface area contributed by atoms with E-state index < -0.39 is 6.61 Å². The third-order valence-corrected chi connectivity index (χ3v) is 4.06. The van der Waals surface area contributed by atoms with Crippen molar-refractivity contribution in [3.05, 3.63) is 47.7 Å². The summed E-state index contributed by atoms with van der Waals surface area (Å²) in [6.07, 6.45) is 4.07. The zero-order valence-corrected chi connectivity index (χ0v) is 14.8. The van der Waals surface area contributed by atoms with Crippen LogP contribution in [-0.4, -0.2) is 31.2 Å². The monoisotopic (exact) mass is 378 g/mol. The van der Waals surface area contributed by atoms with Crippen LogP contribution in [0.15, 0.2) is 36.5 Å². The lowest BCUT2D eigenvalue weighted by Crippen LogP contribution is -2.23. The highest BCUT2D eigenvalue weighted by Crippen LogP contribution is 2.30. The molecule has 1 saturated carbocycles. The molecule has 0 unspecified atom stereocenters. The van der Waals surface area contributed by atoms with Crippen LogP contribution < -0.4 is 19.5 Å². The molecule has 0 saturated heterocycles. The number of rotatable bonds is 9. The van der Waals surface area contributed by atoms with E-state index >= 15 is 0 Å². The Morgan fingerprint density at radius 2 is 2.07 bits per heavy atom. The number of carbonyl (C=O) groups is 1. The van der Waals surface area contributed by atoms with Crippen molar-refractivity contribution in [2.24, 2.45) is 5.92 Å². The highest BCUT2D eigenvalue weighted by Gasteiger charge is 2.22. The van der Waals surface area contributed by atoms with E-state index in [0.717, 1.165) is 5.56 Å². The Bertz CT molecular complexity index is 780. The minimum Gasteiger partial charge on any atom is -0.493 e. The summed E-state index contributed by atoms with van der Waals surface area (Å²) in [5.41, 5.74) is 1.08. The van der Waals surface area contributed by atoms with Gasteiger partial charge in [0.05, 0.1) is 13.7 Å². The maximum Gasteiger partial charge on any atom is 0.387 e. The van der Waals surface area contributed by atoms with Gasteiger partial charge in [0.25, 0.3) is 5.91 Å². The maximum atomic E-state index is 12.4. The van der Waals surface area contributed by atoms with E-state index in [1.165, 1.54) is 38.2 Å². The SMILES string of the molecule is COc1cc(C(=O)NCc2ccc(OCC3CC3)nc2)ccc1OC(F)F. The van der Waals surface area contributed by atoms with Crippen LogP contribution in [-0.2, 0) is 6.54 Å². The molecule has 1 aliphatic carbocycles. The van der Waals surface area contributed by atoms with Crippen LogP contribution in [0.2, 0.25) is 0 Å². The number of halogens is 2. The first-order valence-corrected chi connectivity index (χ1v) is 8.54. The van der Waals surface area contributed by atoms with Gasteiger partial charge in [0, 0.05) is 24.4 Å². The molecule has 2 aromatic rings. The Kier molecular flexibility index (Phi) is 6.05. The molecule has 1 fully saturated rings. The van der Waals surface area contributed by atoms with Gasteiger partial charge in [0.15, 0.2) is 11.5 Å². The van der Waals surface area contributed by atoms with E-state index in [1.807, 2.05) is 6.07 Å². The predicted octanol–water partition coefficient (Wildman–Crippen LogP) is 3.41. The van der Waals surface area contributed by atoms with Crippen molar-refractivity contribution < 1.29 is 27.8 Å². The second kappa shape index (κ2) is 8.66. The molecule has 0 radical (unpaired) electrons. The number of nitrogens with zero attached hydrogens (tertiary/aromatic N) is 1. The lowest BCUT2D eigenvalue weighted by Gasteiger charge is -2.11. The Morgan fingerprint density at radius 3 is 2.70 bits per heavy atom. The molecule has 144 valence electrons. The van der Waals surface area contributed by atoms with Gasteiger partial charge in [-0.3, -0.25) is 4.79 Å². The molecule has 0 atom stereocenters. The zero-order chi connectivity index (χ0) is 19.2. The van der Waals surface area contributed by atoms with Crippen LogP contribution in [0.5, 0.6) is 17.4 Å². The fourth-order valence-corrected chi connectivity index (χ4v) is 2.38. The van der Waals surface area contributed by atoms with Gasteiger partial charge in [-0.15, -0.1) is 0 Å². The number of aromatic nitrogens is 1. The molecule has 6 nitrogen and oxygen atoms in total. The summed E-state index contributed by atoms with van der Waals surface area (Å²) in [7, 11) is 1.31. The first kappa shape index (κ1) is 18.9. The van der Waals surface area contributed by atoms with Crippen molar-refractivity contribution in [1.29, 1.82) is 0 Å². The zero-order valence-electron chi connectivity index (χ0n) is 14.8. The molecule has 1 aliphatic rings. The molecule has 1 aromatic heterocycles. The number of alkyl halides is 2. The normalized spacial score (nSPS) is 13.3. The Morgan fingerprint density at radius 1 is 1.26 bits per heavy atom. The van der Waals surface area contributed by atoms with Crippen LogP contribution in [0.4, 0.5) is 8.78 Å². The van der Waals surface area contributed by atoms with Crippen molar-refractivity contribution in [2.45, 2.75) is 26.0 Å². The van der Waals surface area contributed by atoms with E-state index in [2.05, 4.69) is 15.0 Å². The Balaban J connectivity index is 1.55. The summed E-state index contributed by atoms with van der Waals surface area (Å²) < 4.78 is 39.6. The smallest absolute Gasteiger partial charge is 0.387 e. The van der Waals surface area contributed by atoms with E-state index in [4.69, 9.17) is 9.47 Å². The molecule has 1 amide bonds. The van der Waals surface area contributed by atoms with Crippen LogP contribution in [0.25, 0.3) is 0 Å². The number of benzene rings is 1. The molecule has 1 aromatic carbocycles. The molecular weight excluding hydrogens is 358 g/mol. The van der Waals surface area contributed by atoms with E-state index in [-0.39, 0.29) is 29.5 Å². The molecule has 0 spiro atoms. The summed E-state index contributed by atoms with van der Waals surface area (Å²) in [5, 5.41) is 2.74. The number of hydrogen-bond acceptors (Lipinski definition) is 5. The number of ether oxygens (including phenoxy) is 3. The van der Waals surface area contributed by atoms with Crippen LogP contribution in [0.3, 0.4) is 0 Å². The van der Waals surface area contributed by atoms with Gasteiger partial charge in [-0.2, -0.15) is 8.78 Å². The average Bonchev–Trinajstić information content (AvgIpc) is 3.49. The second-order valence-corrected chi connectivity index (χ2v) is 6.19. The van der Waals surface area contributed by atoms with Crippen LogP contribution in [0.1, 0.15) is 28.8 Å². The molecule has 0 bridgehead atoms. The fourth-order valence-electron chi connectivity index (χ4n) is 2.38. The van der Waals surface area contributed by atoms with Crippen molar-refractivity contribution in [3.8, 4) is 17.4 Å². The summed E-state index contributed by atoms with van der Waals surface area (Å²) in [4.78, 5) is 16.5. The number of carbonyl (C=O) groups excluding carboxylic acids is 1. The second-order valence-electron chi connectivity index (χ2n) is 6.19.